The van der Waals surface area contributed by atoms with Gasteiger partial charge in [0.2, 0.25) is 0 Å². The molecule has 1 atom stereocenters. The zero-order valence-electron chi connectivity index (χ0n) is 16.0. The smallest absolute Gasteiger partial charge is 0.255 e. The van der Waals surface area contributed by atoms with Gasteiger partial charge in [0.25, 0.3) is 5.91 Å². The molecule has 1 aliphatic rings. The summed E-state index contributed by atoms with van der Waals surface area (Å²) in [6.45, 7) is 2.56. The molecule has 1 aliphatic heterocycles. The number of hydrogen-bond donors (Lipinski definition) is 2. The second kappa shape index (κ2) is 7.83. The topological polar surface area (TPSA) is 97.0 Å². The molecule has 3 aromatic heterocycles. The Morgan fingerprint density at radius 3 is 2.79 bits per heavy atom. The lowest BCUT2D eigenvalue weighted by molar-refractivity contribution is 0.0732. The fourth-order valence-electron chi connectivity index (χ4n) is 3.55. The molecule has 1 fully saturated rings. The fraction of sp³-hybridized carbons (Fsp3) is 0.238. The predicted molar refractivity (Wildman–Crippen MR) is 108 cm³/mol. The first-order chi connectivity index (χ1) is 14.0. The van der Waals surface area contributed by atoms with Crippen LogP contribution in [0.25, 0.3) is 0 Å². The predicted octanol–water partition coefficient (Wildman–Crippen LogP) is 3.62. The lowest BCUT2D eigenvalue weighted by Gasteiger charge is -2.25. The molecule has 29 heavy (non-hydrogen) atoms. The molecule has 3 aromatic rings. The number of nitrogens with zero attached hydrogens (tertiary/aromatic N) is 4. The average molecular weight is 392 g/mol. The van der Waals surface area contributed by atoms with Gasteiger partial charge in [0, 0.05) is 24.1 Å². The number of halogens is 1. The van der Waals surface area contributed by atoms with Crippen LogP contribution in [0.5, 0.6) is 0 Å². The number of nitrogen functional groups attached to an aromatic ring is 1. The summed E-state index contributed by atoms with van der Waals surface area (Å²) in [5.41, 5.74) is 8.55. The van der Waals surface area contributed by atoms with Crippen LogP contribution in [0.15, 0.2) is 48.8 Å². The second-order valence-electron chi connectivity index (χ2n) is 7.04. The lowest BCUT2D eigenvalue weighted by atomic mass is 10.1. The van der Waals surface area contributed by atoms with Gasteiger partial charge in [0.1, 0.15) is 17.5 Å². The van der Waals surface area contributed by atoms with Crippen LogP contribution in [0.3, 0.4) is 0 Å². The summed E-state index contributed by atoms with van der Waals surface area (Å²) in [5.74, 6) is 0.442. The van der Waals surface area contributed by atoms with Crippen molar-refractivity contribution in [2.75, 3.05) is 17.6 Å². The maximum Gasteiger partial charge on any atom is 0.255 e. The third-order valence-electron chi connectivity index (χ3n) is 4.86. The highest BCUT2D eigenvalue weighted by Crippen LogP contribution is 2.33. The highest BCUT2D eigenvalue weighted by atomic mass is 19.1. The highest BCUT2D eigenvalue weighted by Gasteiger charge is 2.32. The minimum Gasteiger partial charge on any atom is -0.384 e. The van der Waals surface area contributed by atoms with Crippen LogP contribution in [-0.4, -0.2) is 32.3 Å². The zero-order valence-corrected chi connectivity index (χ0v) is 16.0. The summed E-state index contributed by atoms with van der Waals surface area (Å²) in [5, 5.41) is 3.17. The van der Waals surface area contributed by atoms with E-state index in [2.05, 4.69) is 20.3 Å². The van der Waals surface area contributed by atoms with E-state index in [0.717, 1.165) is 36.1 Å². The number of pyridine rings is 3. The van der Waals surface area contributed by atoms with Crippen molar-refractivity contribution in [1.29, 1.82) is 0 Å². The molecular formula is C21H21FN6O. The van der Waals surface area contributed by atoms with Gasteiger partial charge < -0.3 is 16.0 Å². The number of hydrogen-bond acceptors (Lipinski definition) is 6. The number of amides is 1. The number of aryl methyl sites for hydroxylation is 1. The van der Waals surface area contributed by atoms with Gasteiger partial charge in [-0.05, 0) is 56.2 Å². The monoisotopic (exact) mass is 392 g/mol. The van der Waals surface area contributed by atoms with E-state index in [1.165, 1.54) is 12.3 Å². The van der Waals surface area contributed by atoms with Gasteiger partial charge in [0.15, 0.2) is 0 Å². The van der Waals surface area contributed by atoms with E-state index in [4.69, 9.17) is 5.73 Å². The molecule has 3 N–H and O–H groups in total. The van der Waals surface area contributed by atoms with E-state index in [-0.39, 0.29) is 17.8 Å². The minimum atomic E-state index is -0.389. The number of rotatable bonds is 4. The van der Waals surface area contributed by atoms with Crippen molar-refractivity contribution < 1.29 is 9.18 Å². The molecule has 0 saturated carbocycles. The third kappa shape index (κ3) is 4.16. The Bertz CT molecular complexity index is 1020. The Morgan fingerprint density at radius 1 is 1.21 bits per heavy atom. The molecule has 4 heterocycles. The molecule has 0 unspecified atom stereocenters. The number of nitrogens with one attached hydrogen (secondary N) is 1. The molecule has 0 radical (unpaired) electrons. The number of anilines is 3. The van der Waals surface area contributed by atoms with Crippen LogP contribution in [0.1, 0.15) is 40.6 Å². The Balaban J connectivity index is 1.59. The largest absolute Gasteiger partial charge is 0.384 e. The van der Waals surface area contributed by atoms with E-state index in [1.54, 1.807) is 18.2 Å². The summed E-state index contributed by atoms with van der Waals surface area (Å²) in [7, 11) is 0. The number of nitrogens with two attached hydrogens (primary N) is 1. The fourth-order valence-corrected chi connectivity index (χ4v) is 3.55. The van der Waals surface area contributed by atoms with Crippen LogP contribution < -0.4 is 11.1 Å². The van der Waals surface area contributed by atoms with E-state index >= 15 is 0 Å². The van der Waals surface area contributed by atoms with Crippen molar-refractivity contribution in [3.8, 4) is 0 Å². The van der Waals surface area contributed by atoms with Crippen LogP contribution in [0.4, 0.5) is 21.7 Å². The van der Waals surface area contributed by atoms with Gasteiger partial charge in [-0.2, -0.15) is 0 Å². The molecule has 1 saturated heterocycles. The van der Waals surface area contributed by atoms with Gasteiger partial charge in [0.05, 0.1) is 23.5 Å². The first-order valence-corrected chi connectivity index (χ1v) is 9.39. The van der Waals surface area contributed by atoms with Crippen LogP contribution in [0.2, 0.25) is 0 Å². The molecule has 4 rings (SSSR count). The Morgan fingerprint density at radius 2 is 2.07 bits per heavy atom. The Hall–Kier alpha value is -3.55. The SMILES string of the molecule is Cc1cc(Nc2ccc(F)cn2)cc([C@H]2CCCN2C(=O)c2ccc(N)nc2)n1. The van der Waals surface area contributed by atoms with Crippen molar-refractivity contribution in [2.24, 2.45) is 0 Å². The standard InChI is InChI=1S/C21H21FN6O/c1-13-9-16(27-20-7-5-15(22)12-25-20)10-17(26-13)18-3-2-8-28(18)21(29)14-4-6-19(23)24-11-14/h4-7,9-12,18H,2-3,8H2,1H3,(H2,23,24)(H,25,26,27)/t18-/m1/s1. The maximum absolute atomic E-state index is 13.1. The normalized spacial score (nSPS) is 16.1. The lowest BCUT2D eigenvalue weighted by Crippen LogP contribution is -2.31. The molecule has 148 valence electrons. The van der Waals surface area contributed by atoms with E-state index in [1.807, 2.05) is 24.0 Å². The van der Waals surface area contributed by atoms with Gasteiger partial charge in [-0.1, -0.05) is 0 Å². The molecule has 1 amide bonds. The number of likely N-dealkylation sites (tertiary alicyclic amines) is 1. The van der Waals surface area contributed by atoms with E-state index in [0.29, 0.717) is 23.7 Å². The van der Waals surface area contributed by atoms with Gasteiger partial charge >= 0.3 is 0 Å². The summed E-state index contributed by atoms with van der Waals surface area (Å²) >= 11 is 0. The van der Waals surface area contributed by atoms with Crippen molar-refractivity contribution >= 4 is 23.2 Å². The van der Waals surface area contributed by atoms with Crippen molar-refractivity contribution in [3.05, 3.63) is 71.6 Å². The average Bonchev–Trinajstić information content (AvgIpc) is 3.19. The zero-order chi connectivity index (χ0) is 20.4. The molecular weight excluding hydrogens is 371 g/mol. The highest BCUT2D eigenvalue weighted by molar-refractivity contribution is 5.94. The number of carbonyl (C=O) groups excluding carboxylic acids is 1. The first kappa shape index (κ1) is 18.8. The van der Waals surface area contributed by atoms with Gasteiger partial charge in [-0.15, -0.1) is 0 Å². The summed E-state index contributed by atoms with van der Waals surface area (Å²) in [6, 6.07) is 9.92. The third-order valence-corrected chi connectivity index (χ3v) is 4.86. The first-order valence-electron chi connectivity index (χ1n) is 9.39. The molecule has 0 aliphatic carbocycles. The second-order valence-corrected chi connectivity index (χ2v) is 7.04. The number of carbonyl (C=O) groups is 1. The summed E-state index contributed by atoms with van der Waals surface area (Å²) < 4.78 is 13.1. The Kier molecular flexibility index (Phi) is 5.07. The molecule has 7 nitrogen and oxygen atoms in total. The van der Waals surface area contributed by atoms with Crippen molar-refractivity contribution in [1.82, 2.24) is 19.9 Å². The van der Waals surface area contributed by atoms with Crippen LogP contribution in [-0.2, 0) is 0 Å². The summed E-state index contributed by atoms with van der Waals surface area (Å²) in [4.78, 5) is 27.5. The molecule has 0 aromatic carbocycles. The van der Waals surface area contributed by atoms with E-state index < -0.39 is 0 Å². The molecule has 0 spiro atoms. The van der Waals surface area contributed by atoms with Crippen molar-refractivity contribution in [2.45, 2.75) is 25.8 Å². The Labute approximate surface area is 167 Å². The van der Waals surface area contributed by atoms with Crippen LogP contribution >= 0.6 is 0 Å². The van der Waals surface area contributed by atoms with E-state index in [9.17, 15) is 9.18 Å². The quantitative estimate of drug-likeness (QED) is 0.704. The number of aromatic nitrogens is 3. The van der Waals surface area contributed by atoms with Gasteiger partial charge in [-0.25, -0.2) is 14.4 Å². The summed E-state index contributed by atoms with van der Waals surface area (Å²) in [6.07, 6.45) is 4.40. The van der Waals surface area contributed by atoms with Gasteiger partial charge in [-0.3, -0.25) is 9.78 Å². The minimum absolute atomic E-state index is 0.0852. The van der Waals surface area contributed by atoms with Crippen LogP contribution in [0, 0.1) is 12.7 Å². The van der Waals surface area contributed by atoms with Crippen molar-refractivity contribution in [3.63, 3.8) is 0 Å². The molecule has 0 bridgehead atoms. The maximum atomic E-state index is 13.1. The molecule has 8 heteroatoms.